The normalized spacial score (nSPS) is 16.0. The van der Waals surface area contributed by atoms with Gasteiger partial charge in [-0.3, -0.25) is 4.79 Å². The molecule has 1 N–H and O–H groups in total. The van der Waals surface area contributed by atoms with Gasteiger partial charge < -0.3 is 9.88 Å². The molecule has 2 heterocycles. The van der Waals surface area contributed by atoms with Crippen LogP contribution in [0.25, 0.3) is 22.2 Å². The summed E-state index contributed by atoms with van der Waals surface area (Å²) in [6, 6.07) is 26.8. The van der Waals surface area contributed by atoms with Gasteiger partial charge in [0.1, 0.15) is 0 Å². The first kappa shape index (κ1) is 16.8. The van der Waals surface area contributed by atoms with Gasteiger partial charge in [-0.2, -0.15) is 0 Å². The Hall–Kier alpha value is -3.33. The Bertz CT molecular complexity index is 1160. The van der Waals surface area contributed by atoms with Crippen molar-refractivity contribution < 1.29 is 4.79 Å². The van der Waals surface area contributed by atoms with Crippen molar-refractivity contribution in [2.45, 2.75) is 19.4 Å². The number of nitrogens with zero attached hydrogens (tertiary/aromatic N) is 1. The molecule has 3 aromatic carbocycles. The van der Waals surface area contributed by atoms with E-state index in [9.17, 15) is 4.79 Å². The highest BCUT2D eigenvalue weighted by atomic mass is 16.2. The fraction of sp³-hybridized carbons (Fsp3) is 0.160. The van der Waals surface area contributed by atoms with E-state index < -0.39 is 0 Å². The number of nitrogens with one attached hydrogen (secondary N) is 1. The third kappa shape index (κ3) is 2.47. The number of para-hydroxylation sites is 1. The highest BCUT2D eigenvalue weighted by Gasteiger charge is 2.39. The zero-order valence-electron chi connectivity index (χ0n) is 15.9. The molecule has 1 amide bonds. The van der Waals surface area contributed by atoms with Crippen molar-refractivity contribution in [3.05, 3.63) is 95.6 Å². The minimum Gasteiger partial charge on any atom is -0.354 e. The molecule has 5 rings (SSSR count). The van der Waals surface area contributed by atoms with E-state index >= 15 is 0 Å². The largest absolute Gasteiger partial charge is 0.354 e. The zero-order chi connectivity index (χ0) is 19.1. The van der Waals surface area contributed by atoms with Crippen molar-refractivity contribution >= 4 is 16.8 Å². The van der Waals surface area contributed by atoms with Crippen molar-refractivity contribution in [3.8, 4) is 11.3 Å². The second-order valence-electron chi connectivity index (χ2n) is 7.31. The number of H-pyrrole nitrogens is 1. The van der Waals surface area contributed by atoms with Crippen LogP contribution in [0.2, 0.25) is 0 Å². The van der Waals surface area contributed by atoms with Gasteiger partial charge in [-0.15, -0.1) is 0 Å². The molecule has 1 aliphatic heterocycles. The lowest BCUT2D eigenvalue weighted by atomic mass is 9.93. The molecule has 0 aliphatic carbocycles. The van der Waals surface area contributed by atoms with Crippen LogP contribution in [0.15, 0.2) is 78.9 Å². The first-order chi connectivity index (χ1) is 13.8. The van der Waals surface area contributed by atoms with Gasteiger partial charge in [0, 0.05) is 28.6 Å². The van der Waals surface area contributed by atoms with Gasteiger partial charge in [0.25, 0.3) is 5.91 Å². The maximum absolute atomic E-state index is 13.2. The van der Waals surface area contributed by atoms with Crippen LogP contribution in [0.4, 0.5) is 0 Å². The number of hydrogen-bond acceptors (Lipinski definition) is 1. The maximum atomic E-state index is 13.2. The average Bonchev–Trinajstić information content (AvgIpc) is 3.25. The number of carbonyl (C=O) groups excluding carboxylic acids is 1. The Balaban J connectivity index is 1.82. The van der Waals surface area contributed by atoms with Crippen molar-refractivity contribution in [2.24, 2.45) is 0 Å². The van der Waals surface area contributed by atoms with Crippen LogP contribution in [-0.4, -0.2) is 22.3 Å². The summed E-state index contributed by atoms with van der Waals surface area (Å²) in [6.07, 6.45) is 0.930. The quantitative estimate of drug-likeness (QED) is 0.487. The van der Waals surface area contributed by atoms with Crippen LogP contribution in [0.1, 0.15) is 40.9 Å². The van der Waals surface area contributed by atoms with Gasteiger partial charge in [-0.1, -0.05) is 73.7 Å². The molecule has 0 fully saturated rings. The molecule has 0 bridgehead atoms. The van der Waals surface area contributed by atoms with Crippen molar-refractivity contribution in [1.29, 1.82) is 0 Å². The Labute approximate surface area is 164 Å². The lowest BCUT2D eigenvalue weighted by molar-refractivity contribution is 0.0751. The number of fused-ring (bicyclic) bond motifs is 2. The van der Waals surface area contributed by atoms with Crippen LogP contribution >= 0.6 is 0 Å². The van der Waals surface area contributed by atoms with Gasteiger partial charge >= 0.3 is 0 Å². The molecule has 138 valence electrons. The third-order valence-electron chi connectivity index (χ3n) is 5.60. The highest BCUT2D eigenvalue weighted by Crippen LogP contribution is 2.45. The SMILES string of the molecule is CCCN1C(=O)c2ccccc2[C@H]1c1c(-c2ccccc2)[nH]c2ccccc12. The van der Waals surface area contributed by atoms with Crippen LogP contribution in [-0.2, 0) is 0 Å². The molecule has 1 atom stereocenters. The molecular weight excluding hydrogens is 344 g/mol. The molecule has 0 saturated carbocycles. The van der Waals surface area contributed by atoms with E-state index in [4.69, 9.17) is 0 Å². The number of aromatic amines is 1. The molecule has 0 radical (unpaired) electrons. The monoisotopic (exact) mass is 366 g/mol. The van der Waals surface area contributed by atoms with Crippen molar-refractivity contribution in [3.63, 3.8) is 0 Å². The Morgan fingerprint density at radius 3 is 2.43 bits per heavy atom. The fourth-order valence-electron chi connectivity index (χ4n) is 4.43. The summed E-state index contributed by atoms with van der Waals surface area (Å²) in [5, 5.41) is 1.18. The molecule has 1 aliphatic rings. The second kappa shape index (κ2) is 6.68. The van der Waals surface area contributed by atoms with Crippen LogP contribution in [0.5, 0.6) is 0 Å². The molecule has 1 aromatic heterocycles. The summed E-state index contributed by atoms with van der Waals surface area (Å²) in [7, 11) is 0. The molecule has 0 unspecified atom stereocenters. The second-order valence-corrected chi connectivity index (χ2v) is 7.31. The number of rotatable bonds is 4. The van der Waals surface area contributed by atoms with Crippen molar-refractivity contribution in [2.75, 3.05) is 6.54 Å². The number of benzene rings is 3. The van der Waals surface area contributed by atoms with E-state index in [0.29, 0.717) is 0 Å². The van der Waals surface area contributed by atoms with Gasteiger partial charge in [-0.25, -0.2) is 0 Å². The smallest absolute Gasteiger partial charge is 0.255 e. The third-order valence-corrected chi connectivity index (χ3v) is 5.60. The lowest BCUT2D eigenvalue weighted by Crippen LogP contribution is -2.29. The van der Waals surface area contributed by atoms with Crippen LogP contribution in [0.3, 0.4) is 0 Å². The molecule has 28 heavy (non-hydrogen) atoms. The van der Waals surface area contributed by atoms with E-state index in [1.165, 1.54) is 10.9 Å². The summed E-state index contributed by atoms with van der Waals surface area (Å²) < 4.78 is 0. The summed E-state index contributed by atoms with van der Waals surface area (Å²) in [6.45, 7) is 2.87. The summed E-state index contributed by atoms with van der Waals surface area (Å²) in [4.78, 5) is 18.9. The minimum atomic E-state index is -0.0741. The molecule has 4 aromatic rings. The van der Waals surface area contributed by atoms with Gasteiger partial charge in [-0.05, 0) is 29.7 Å². The standard InChI is InChI=1S/C25H22N2O/c1-2-16-27-24(18-12-6-7-13-19(18)25(27)28)22-20-14-8-9-15-21(20)26-23(22)17-10-4-3-5-11-17/h3-15,24,26H,2,16H2,1H3/t24-/m0/s1. The zero-order valence-corrected chi connectivity index (χ0v) is 15.9. The minimum absolute atomic E-state index is 0.0741. The molecule has 3 nitrogen and oxygen atoms in total. The molecule has 3 heteroatoms. The first-order valence-corrected chi connectivity index (χ1v) is 9.85. The highest BCUT2D eigenvalue weighted by molar-refractivity contribution is 6.02. The Morgan fingerprint density at radius 1 is 0.893 bits per heavy atom. The van der Waals surface area contributed by atoms with Gasteiger partial charge in [0.15, 0.2) is 0 Å². The topological polar surface area (TPSA) is 36.1 Å². The van der Waals surface area contributed by atoms with E-state index in [0.717, 1.165) is 40.9 Å². The summed E-state index contributed by atoms with van der Waals surface area (Å²) >= 11 is 0. The Morgan fingerprint density at radius 2 is 1.61 bits per heavy atom. The predicted molar refractivity (Wildman–Crippen MR) is 113 cm³/mol. The van der Waals surface area contributed by atoms with E-state index in [2.05, 4.69) is 66.5 Å². The fourth-order valence-corrected chi connectivity index (χ4v) is 4.43. The summed E-state index contributed by atoms with van der Waals surface area (Å²) in [5.41, 5.74) is 6.45. The molecule has 0 saturated heterocycles. The Kier molecular flexibility index (Phi) is 4.01. The number of hydrogen-bond donors (Lipinski definition) is 1. The van der Waals surface area contributed by atoms with Gasteiger partial charge in [0.05, 0.1) is 11.7 Å². The van der Waals surface area contributed by atoms with E-state index in [1.807, 2.05) is 29.2 Å². The maximum Gasteiger partial charge on any atom is 0.255 e. The van der Waals surface area contributed by atoms with E-state index in [-0.39, 0.29) is 11.9 Å². The number of amides is 1. The lowest BCUT2D eigenvalue weighted by Gasteiger charge is -2.26. The number of carbonyl (C=O) groups is 1. The average molecular weight is 366 g/mol. The number of aromatic nitrogens is 1. The van der Waals surface area contributed by atoms with Crippen LogP contribution in [0, 0.1) is 0 Å². The summed E-state index contributed by atoms with van der Waals surface area (Å²) in [5.74, 6) is 0.131. The molecule has 0 spiro atoms. The predicted octanol–water partition coefficient (Wildman–Crippen LogP) is 5.79. The van der Waals surface area contributed by atoms with E-state index in [1.54, 1.807) is 0 Å². The van der Waals surface area contributed by atoms with Gasteiger partial charge in [0.2, 0.25) is 0 Å². The molecular formula is C25H22N2O. The first-order valence-electron chi connectivity index (χ1n) is 9.85. The van der Waals surface area contributed by atoms with Crippen molar-refractivity contribution in [1.82, 2.24) is 9.88 Å². The van der Waals surface area contributed by atoms with Crippen LogP contribution < -0.4 is 0 Å².